The van der Waals surface area contributed by atoms with Gasteiger partial charge in [0, 0.05) is 17.3 Å². The summed E-state index contributed by atoms with van der Waals surface area (Å²) in [4.78, 5) is 22.1. The van der Waals surface area contributed by atoms with Gasteiger partial charge in [0.2, 0.25) is 0 Å². The highest BCUT2D eigenvalue weighted by atomic mass is 32.2. The first-order valence-corrected chi connectivity index (χ1v) is 6.86. The number of carboxylic acids is 1. The molecular weight excluding hydrogens is 240 g/mol. The molecule has 0 aliphatic rings. The lowest BCUT2D eigenvalue weighted by atomic mass is 10.0. The highest BCUT2D eigenvalue weighted by Crippen LogP contribution is 2.09. The quantitative estimate of drug-likeness (QED) is 0.652. The molecule has 100 valence electrons. The van der Waals surface area contributed by atoms with Gasteiger partial charge in [0.05, 0.1) is 6.42 Å². The van der Waals surface area contributed by atoms with E-state index in [9.17, 15) is 9.59 Å². The second-order valence-electron chi connectivity index (χ2n) is 4.67. The number of urea groups is 1. The highest BCUT2D eigenvalue weighted by Gasteiger charge is 2.23. The Bertz CT molecular complexity index is 269. The van der Waals surface area contributed by atoms with E-state index in [1.165, 1.54) is 0 Å². The van der Waals surface area contributed by atoms with Gasteiger partial charge in [-0.05, 0) is 26.5 Å². The first-order chi connectivity index (χ1) is 7.76. The monoisotopic (exact) mass is 262 g/mol. The Kier molecular flexibility index (Phi) is 7.03. The smallest absolute Gasteiger partial charge is 0.315 e. The van der Waals surface area contributed by atoms with E-state index in [1.807, 2.05) is 6.26 Å². The fourth-order valence-electron chi connectivity index (χ4n) is 1.28. The van der Waals surface area contributed by atoms with E-state index < -0.39 is 11.5 Å². The molecule has 5 nitrogen and oxygen atoms in total. The number of thioether (sulfide) groups is 1. The van der Waals surface area contributed by atoms with Crippen molar-refractivity contribution in [2.24, 2.45) is 0 Å². The molecule has 0 aromatic heterocycles. The minimum atomic E-state index is -0.925. The third-order valence-electron chi connectivity index (χ3n) is 2.28. The van der Waals surface area contributed by atoms with Crippen LogP contribution in [-0.2, 0) is 4.79 Å². The Morgan fingerprint density at radius 2 is 2.00 bits per heavy atom. The fourth-order valence-corrected chi connectivity index (χ4v) is 1.63. The van der Waals surface area contributed by atoms with Gasteiger partial charge >= 0.3 is 12.0 Å². The molecule has 0 aromatic rings. The summed E-state index contributed by atoms with van der Waals surface area (Å²) in [5, 5.41) is 14.5. The van der Waals surface area contributed by atoms with Crippen LogP contribution in [0.25, 0.3) is 0 Å². The Hall–Kier alpha value is -0.910. The van der Waals surface area contributed by atoms with Gasteiger partial charge in [-0.3, -0.25) is 4.79 Å². The number of amides is 2. The van der Waals surface area contributed by atoms with Crippen molar-refractivity contribution < 1.29 is 14.7 Å². The second kappa shape index (κ2) is 7.42. The van der Waals surface area contributed by atoms with Gasteiger partial charge in [-0.1, -0.05) is 6.92 Å². The van der Waals surface area contributed by atoms with Crippen molar-refractivity contribution in [3.8, 4) is 0 Å². The molecule has 0 spiro atoms. The molecule has 0 heterocycles. The molecule has 6 heteroatoms. The van der Waals surface area contributed by atoms with Crippen LogP contribution in [0.4, 0.5) is 4.79 Å². The molecule has 0 radical (unpaired) electrons. The zero-order valence-corrected chi connectivity index (χ0v) is 11.7. The van der Waals surface area contributed by atoms with Crippen LogP contribution in [0.1, 0.15) is 33.6 Å². The minimum Gasteiger partial charge on any atom is -0.481 e. The Labute approximate surface area is 107 Å². The molecule has 0 saturated carbocycles. The van der Waals surface area contributed by atoms with E-state index in [-0.39, 0.29) is 12.5 Å². The van der Waals surface area contributed by atoms with E-state index in [4.69, 9.17) is 5.11 Å². The summed E-state index contributed by atoms with van der Waals surface area (Å²) >= 11 is 1.75. The topological polar surface area (TPSA) is 78.4 Å². The largest absolute Gasteiger partial charge is 0.481 e. The molecular formula is C11H22N2O3S. The number of rotatable bonds is 7. The molecule has 0 aliphatic heterocycles. The molecule has 0 rings (SSSR count). The lowest BCUT2D eigenvalue weighted by molar-refractivity contribution is -0.138. The molecule has 2 amide bonds. The van der Waals surface area contributed by atoms with Crippen molar-refractivity contribution in [2.75, 3.05) is 12.8 Å². The molecule has 1 unspecified atom stereocenters. The maximum absolute atomic E-state index is 11.5. The predicted octanol–water partition coefficient (Wildman–Crippen LogP) is 1.68. The van der Waals surface area contributed by atoms with Crippen molar-refractivity contribution in [3.63, 3.8) is 0 Å². The van der Waals surface area contributed by atoms with Crippen LogP contribution in [-0.4, -0.2) is 40.7 Å². The van der Waals surface area contributed by atoms with E-state index >= 15 is 0 Å². The molecule has 0 bridgehead atoms. The van der Waals surface area contributed by atoms with Crippen molar-refractivity contribution in [2.45, 2.75) is 44.4 Å². The van der Waals surface area contributed by atoms with Crippen LogP contribution in [0.5, 0.6) is 0 Å². The van der Waals surface area contributed by atoms with Crippen LogP contribution < -0.4 is 10.6 Å². The number of carboxylic acid groups (broad SMARTS) is 1. The Morgan fingerprint density at radius 3 is 2.47 bits per heavy atom. The van der Waals surface area contributed by atoms with Crippen LogP contribution in [0.3, 0.4) is 0 Å². The predicted molar refractivity (Wildman–Crippen MR) is 70.5 cm³/mol. The van der Waals surface area contributed by atoms with E-state index in [0.29, 0.717) is 11.8 Å². The summed E-state index contributed by atoms with van der Waals surface area (Å²) < 4.78 is 0. The van der Waals surface area contributed by atoms with Crippen molar-refractivity contribution in [1.82, 2.24) is 10.6 Å². The Balaban J connectivity index is 3.89. The third-order valence-corrected chi connectivity index (χ3v) is 3.32. The fraction of sp³-hybridized carbons (Fsp3) is 0.818. The number of nitrogens with one attached hydrogen (secondary N) is 2. The summed E-state index contributed by atoms with van der Waals surface area (Å²) in [6.45, 7) is 6.06. The summed E-state index contributed by atoms with van der Waals surface area (Å²) in [6, 6.07) is -0.315. The molecule has 0 aliphatic carbocycles. The van der Waals surface area contributed by atoms with Crippen LogP contribution in [0.2, 0.25) is 0 Å². The van der Waals surface area contributed by atoms with Gasteiger partial charge in [0.25, 0.3) is 0 Å². The number of hydrogen-bond donors (Lipinski definition) is 3. The van der Waals surface area contributed by atoms with Gasteiger partial charge < -0.3 is 15.7 Å². The summed E-state index contributed by atoms with van der Waals surface area (Å²) in [7, 11) is 0. The van der Waals surface area contributed by atoms with E-state index in [2.05, 4.69) is 17.6 Å². The number of carbonyl (C=O) groups excluding carboxylic acids is 1. The first kappa shape index (κ1) is 16.1. The molecule has 17 heavy (non-hydrogen) atoms. The molecule has 0 fully saturated rings. The van der Waals surface area contributed by atoms with E-state index in [0.717, 1.165) is 6.42 Å². The Morgan fingerprint density at radius 1 is 1.41 bits per heavy atom. The summed E-state index contributed by atoms with van der Waals surface area (Å²) in [6.07, 6.45) is 2.83. The summed E-state index contributed by atoms with van der Waals surface area (Å²) in [5.41, 5.74) is -0.735. The summed E-state index contributed by atoms with van der Waals surface area (Å²) in [5.74, 6) is -0.925. The van der Waals surface area contributed by atoms with Gasteiger partial charge in [0.15, 0.2) is 0 Å². The lowest BCUT2D eigenvalue weighted by Crippen LogP contribution is -2.49. The third kappa shape index (κ3) is 8.85. The van der Waals surface area contributed by atoms with Gasteiger partial charge in [-0.15, -0.1) is 0 Å². The van der Waals surface area contributed by atoms with Gasteiger partial charge in [-0.2, -0.15) is 11.8 Å². The van der Waals surface area contributed by atoms with Crippen molar-refractivity contribution in [3.05, 3.63) is 0 Å². The van der Waals surface area contributed by atoms with E-state index in [1.54, 1.807) is 25.6 Å². The SMILES string of the molecule is CSC(C)CCNC(=O)NC(C)(C)CC(=O)O. The lowest BCUT2D eigenvalue weighted by Gasteiger charge is -2.24. The zero-order chi connectivity index (χ0) is 13.5. The minimum absolute atomic E-state index is 0.0956. The molecule has 0 saturated heterocycles. The van der Waals surface area contributed by atoms with Crippen molar-refractivity contribution >= 4 is 23.8 Å². The second-order valence-corrected chi connectivity index (χ2v) is 5.95. The number of aliphatic carboxylic acids is 1. The number of carbonyl (C=O) groups is 2. The van der Waals surface area contributed by atoms with Crippen LogP contribution >= 0.6 is 11.8 Å². The molecule has 1 atom stereocenters. The van der Waals surface area contributed by atoms with Gasteiger partial charge in [-0.25, -0.2) is 4.79 Å². The average molecular weight is 262 g/mol. The normalized spacial score (nSPS) is 12.9. The molecule has 3 N–H and O–H groups in total. The number of hydrogen-bond acceptors (Lipinski definition) is 3. The van der Waals surface area contributed by atoms with Crippen LogP contribution in [0, 0.1) is 0 Å². The van der Waals surface area contributed by atoms with Crippen molar-refractivity contribution in [1.29, 1.82) is 0 Å². The average Bonchev–Trinajstić information content (AvgIpc) is 2.14. The van der Waals surface area contributed by atoms with Gasteiger partial charge in [0.1, 0.15) is 0 Å². The molecule has 0 aromatic carbocycles. The van der Waals surface area contributed by atoms with Crippen LogP contribution in [0.15, 0.2) is 0 Å². The standard InChI is InChI=1S/C11H22N2O3S/c1-8(17-4)5-6-12-10(16)13-11(2,3)7-9(14)15/h8H,5-7H2,1-4H3,(H,14,15)(H2,12,13,16). The maximum atomic E-state index is 11.5. The zero-order valence-electron chi connectivity index (χ0n) is 10.9. The highest BCUT2D eigenvalue weighted by molar-refractivity contribution is 7.99. The maximum Gasteiger partial charge on any atom is 0.315 e. The first-order valence-electron chi connectivity index (χ1n) is 5.57.